The van der Waals surface area contributed by atoms with E-state index >= 15 is 0 Å². The summed E-state index contributed by atoms with van der Waals surface area (Å²) in [5, 5.41) is 2.49. The van der Waals surface area contributed by atoms with Gasteiger partial charge in [0, 0.05) is 18.0 Å². The molecule has 2 atom stereocenters. The highest BCUT2D eigenvalue weighted by Crippen LogP contribution is 2.34. The number of amides is 3. The number of fused-ring (bicyclic) bond motifs is 1. The number of hydrogen-bond donors (Lipinski definition) is 2. The number of nitrogens with zero attached hydrogens (tertiary/aromatic N) is 1. The zero-order chi connectivity index (χ0) is 25.3. The van der Waals surface area contributed by atoms with Crippen molar-refractivity contribution in [1.82, 2.24) is 10.2 Å². The number of nitrogens with one attached hydrogen (secondary N) is 1. The van der Waals surface area contributed by atoms with Gasteiger partial charge in [-0.05, 0) is 53.5 Å². The number of aldehydes is 1. The zero-order valence-electron chi connectivity index (χ0n) is 18.7. The molecule has 2 aliphatic rings. The monoisotopic (exact) mass is 485 g/mol. The van der Waals surface area contributed by atoms with E-state index in [1.54, 1.807) is 30.4 Å². The molecule has 182 valence electrons. The number of urea groups is 1. The van der Waals surface area contributed by atoms with Crippen LogP contribution < -0.4 is 15.8 Å². The van der Waals surface area contributed by atoms with Gasteiger partial charge in [0.05, 0.1) is 13.7 Å². The van der Waals surface area contributed by atoms with Crippen molar-refractivity contribution in [1.29, 1.82) is 0 Å². The van der Waals surface area contributed by atoms with Gasteiger partial charge in [-0.15, -0.1) is 0 Å². The first-order valence-electron chi connectivity index (χ1n) is 10.7. The number of allylic oxidation sites excluding steroid dienone is 3. The Bertz CT molecular complexity index is 1250. The van der Waals surface area contributed by atoms with Gasteiger partial charge in [-0.1, -0.05) is 18.2 Å². The highest BCUT2D eigenvalue weighted by molar-refractivity contribution is 5.99. The zero-order valence-corrected chi connectivity index (χ0v) is 18.7. The minimum Gasteiger partial charge on any atom is -0.497 e. The van der Waals surface area contributed by atoms with E-state index in [-0.39, 0.29) is 31.0 Å². The van der Waals surface area contributed by atoms with Gasteiger partial charge in [0.1, 0.15) is 17.6 Å². The van der Waals surface area contributed by atoms with E-state index in [0.29, 0.717) is 23.2 Å². The fourth-order valence-electron chi connectivity index (χ4n) is 4.50. The Kier molecular flexibility index (Phi) is 6.38. The first-order valence-corrected chi connectivity index (χ1v) is 10.7. The lowest BCUT2D eigenvalue weighted by Crippen LogP contribution is -2.62. The molecule has 2 aromatic carbocycles. The Morgan fingerprint density at radius 1 is 1.26 bits per heavy atom. The number of carbonyl (C=O) groups is 3. The molecule has 3 N–H and O–H groups in total. The quantitative estimate of drug-likeness (QED) is 0.464. The van der Waals surface area contributed by atoms with Crippen molar-refractivity contribution in [3.05, 3.63) is 82.7 Å². The van der Waals surface area contributed by atoms with E-state index in [1.807, 2.05) is 0 Å². The molecule has 0 saturated heterocycles. The van der Waals surface area contributed by atoms with E-state index in [0.717, 1.165) is 17.7 Å². The summed E-state index contributed by atoms with van der Waals surface area (Å²) < 4.78 is 45.8. The molecule has 1 aliphatic carbocycles. The van der Waals surface area contributed by atoms with Crippen LogP contribution in [0.25, 0.3) is 5.57 Å². The molecule has 0 spiro atoms. The lowest BCUT2D eigenvalue weighted by atomic mass is 9.78. The molecule has 2 unspecified atom stereocenters. The normalized spacial score (nSPS) is 18.5. The molecular formula is C25H22F3N3O4. The van der Waals surface area contributed by atoms with Gasteiger partial charge in [-0.25, -0.2) is 18.0 Å². The minimum atomic E-state index is -1.56. The molecule has 4 rings (SSSR count). The van der Waals surface area contributed by atoms with Gasteiger partial charge in [-0.2, -0.15) is 0 Å². The van der Waals surface area contributed by atoms with E-state index in [1.165, 1.54) is 18.1 Å². The van der Waals surface area contributed by atoms with E-state index in [2.05, 4.69) is 5.32 Å². The number of benzene rings is 2. The number of rotatable bonds is 7. The van der Waals surface area contributed by atoms with Crippen LogP contribution in [0.1, 0.15) is 27.9 Å². The SMILES string of the molecule is COc1ccc2c(c1)CN(CC(C=O)(NC(N)=O)C1C=CC(c3cc(F)c(F)c(F)c3)=CC1)C2=O. The van der Waals surface area contributed by atoms with Crippen molar-refractivity contribution in [3.63, 3.8) is 0 Å². The number of hydrogen-bond acceptors (Lipinski definition) is 4. The van der Waals surface area contributed by atoms with Gasteiger partial charge in [0.25, 0.3) is 5.91 Å². The van der Waals surface area contributed by atoms with Crippen LogP contribution >= 0.6 is 0 Å². The first-order chi connectivity index (χ1) is 16.7. The fraction of sp³-hybridized carbons (Fsp3) is 0.240. The molecule has 1 aliphatic heterocycles. The van der Waals surface area contributed by atoms with E-state index in [9.17, 15) is 27.6 Å². The van der Waals surface area contributed by atoms with Gasteiger partial charge in [0.15, 0.2) is 17.5 Å². The molecule has 0 aromatic heterocycles. The molecule has 7 nitrogen and oxygen atoms in total. The maximum Gasteiger partial charge on any atom is 0.313 e. The van der Waals surface area contributed by atoms with Gasteiger partial charge in [-0.3, -0.25) is 4.79 Å². The highest BCUT2D eigenvalue weighted by atomic mass is 19.2. The maximum absolute atomic E-state index is 13.7. The Hall–Kier alpha value is -4.08. The standard InChI is InChI=1S/C25H22F3N3O4/c1-35-18-6-7-19-16(8-18)11-31(23(19)33)12-25(13-32,30-24(29)34)17-4-2-14(3-5-17)15-9-20(26)22(28)21(27)10-15/h2-4,6-10,13,17H,5,11-12H2,1H3,(H3,29,30,34). The number of halogens is 3. The van der Waals surface area contributed by atoms with Crippen molar-refractivity contribution < 1.29 is 32.3 Å². The Morgan fingerprint density at radius 3 is 2.54 bits per heavy atom. The molecule has 0 bridgehead atoms. The van der Waals surface area contributed by atoms with Crippen LogP contribution in [0.15, 0.2) is 48.6 Å². The van der Waals surface area contributed by atoms with Gasteiger partial charge in [0.2, 0.25) is 0 Å². The van der Waals surface area contributed by atoms with Crippen LogP contribution in [0.2, 0.25) is 0 Å². The van der Waals surface area contributed by atoms with Gasteiger partial charge >= 0.3 is 6.03 Å². The average molecular weight is 485 g/mol. The third-order valence-electron chi connectivity index (χ3n) is 6.29. The van der Waals surface area contributed by atoms with Gasteiger partial charge < -0.3 is 25.5 Å². The molecular weight excluding hydrogens is 463 g/mol. The average Bonchev–Trinajstić information content (AvgIpc) is 3.15. The Labute approximate surface area is 199 Å². The minimum absolute atomic E-state index is 0.120. The number of primary amides is 1. The van der Waals surface area contributed by atoms with Crippen molar-refractivity contribution in [3.8, 4) is 5.75 Å². The van der Waals surface area contributed by atoms with Crippen LogP contribution in [-0.4, -0.2) is 42.3 Å². The highest BCUT2D eigenvalue weighted by Gasteiger charge is 2.43. The summed E-state index contributed by atoms with van der Waals surface area (Å²) in [5.41, 5.74) is 5.52. The topological polar surface area (TPSA) is 102 Å². The largest absolute Gasteiger partial charge is 0.497 e. The first kappa shape index (κ1) is 24.1. The van der Waals surface area contributed by atoms with Crippen LogP contribution in [-0.2, 0) is 11.3 Å². The van der Waals surface area contributed by atoms with E-state index in [4.69, 9.17) is 10.5 Å². The van der Waals surface area contributed by atoms with Crippen molar-refractivity contribution in [2.45, 2.75) is 18.5 Å². The molecule has 0 radical (unpaired) electrons. The second kappa shape index (κ2) is 9.28. The van der Waals surface area contributed by atoms with E-state index < -0.39 is 34.9 Å². The summed E-state index contributed by atoms with van der Waals surface area (Å²) in [7, 11) is 1.51. The van der Waals surface area contributed by atoms with Crippen molar-refractivity contribution >= 4 is 23.8 Å². The molecule has 10 heteroatoms. The summed E-state index contributed by atoms with van der Waals surface area (Å²) >= 11 is 0. The third kappa shape index (κ3) is 4.51. The second-order valence-corrected chi connectivity index (χ2v) is 8.45. The van der Waals surface area contributed by atoms with Crippen LogP contribution in [0.5, 0.6) is 5.75 Å². The number of ether oxygens (including phenoxy) is 1. The molecule has 35 heavy (non-hydrogen) atoms. The van der Waals surface area contributed by atoms with Crippen molar-refractivity contribution in [2.75, 3.05) is 13.7 Å². The molecule has 1 heterocycles. The number of carbonyl (C=O) groups excluding carboxylic acids is 3. The lowest BCUT2D eigenvalue weighted by Gasteiger charge is -2.38. The molecule has 0 saturated carbocycles. The predicted molar refractivity (Wildman–Crippen MR) is 121 cm³/mol. The van der Waals surface area contributed by atoms with Crippen LogP contribution in [0.3, 0.4) is 0 Å². The predicted octanol–water partition coefficient (Wildman–Crippen LogP) is 3.33. The molecule has 3 amide bonds. The fourth-order valence-corrected chi connectivity index (χ4v) is 4.50. The molecule has 2 aromatic rings. The maximum atomic E-state index is 13.7. The summed E-state index contributed by atoms with van der Waals surface area (Å²) in [6.45, 7) is 0.0420. The summed E-state index contributed by atoms with van der Waals surface area (Å²) in [6, 6.07) is 5.82. The Balaban J connectivity index is 1.60. The smallest absolute Gasteiger partial charge is 0.313 e. The number of methoxy groups -OCH3 is 1. The summed E-state index contributed by atoms with van der Waals surface area (Å²) in [6.07, 6.45) is 5.44. The lowest BCUT2D eigenvalue weighted by molar-refractivity contribution is -0.115. The Morgan fingerprint density at radius 2 is 1.97 bits per heavy atom. The third-order valence-corrected chi connectivity index (χ3v) is 6.29. The van der Waals surface area contributed by atoms with Crippen LogP contribution in [0, 0.1) is 23.4 Å². The molecule has 0 fully saturated rings. The number of nitrogens with two attached hydrogens (primary N) is 1. The van der Waals surface area contributed by atoms with Crippen molar-refractivity contribution in [2.24, 2.45) is 11.7 Å². The van der Waals surface area contributed by atoms with Crippen LogP contribution in [0.4, 0.5) is 18.0 Å². The summed E-state index contributed by atoms with van der Waals surface area (Å²) in [5.74, 6) is -4.56. The second-order valence-electron chi connectivity index (χ2n) is 8.45. The summed E-state index contributed by atoms with van der Waals surface area (Å²) in [4.78, 5) is 38.6.